The molecule has 1 amide bonds. The van der Waals surface area contributed by atoms with E-state index in [1.165, 1.54) is 18.7 Å². The Bertz CT molecular complexity index is 422. The molecular formula is C11H15N3O3S. The van der Waals surface area contributed by atoms with Gasteiger partial charge in [0.05, 0.1) is 6.61 Å². The highest BCUT2D eigenvalue weighted by molar-refractivity contribution is 8.00. The zero-order valence-electron chi connectivity index (χ0n) is 10.5. The third-order valence-corrected chi connectivity index (χ3v) is 2.87. The minimum atomic E-state index is -0.342. The van der Waals surface area contributed by atoms with Crippen LogP contribution in [0.15, 0.2) is 17.2 Å². The molecule has 0 aromatic carbocycles. The summed E-state index contributed by atoms with van der Waals surface area (Å²) in [6.45, 7) is 5.26. The van der Waals surface area contributed by atoms with Crippen LogP contribution in [0.5, 0.6) is 0 Å². The van der Waals surface area contributed by atoms with Gasteiger partial charge in [0, 0.05) is 6.92 Å². The molecular weight excluding hydrogens is 254 g/mol. The maximum Gasteiger partial charge on any atom is 0.319 e. The molecule has 0 unspecified atom stereocenters. The fourth-order valence-corrected chi connectivity index (χ4v) is 1.88. The number of ether oxygens (including phenoxy) is 1. The predicted molar refractivity (Wildman–Crippen MR) is 68.3 cm³/mol. The molecule has 18 heavy (non-hydrogen) atoms. The van der Waals surface area contributed by atoms with Crippen molar-refractivity contribution in [3.63, 3.8) is 0 Å². The van der Waals surface area contributed by atoms with Crippen molar-refractivity contribution >= 4 is 29.5 Å². The summed E-state index contributed by atoms with van der Waals surface area (Å²) in [5.41, 5.74) is 0. The highest BCUT2D eigenvalue weighted by Gasteiger charge is 2.16. The van der Waals surface area contributed by atoms with E-state index in [0.717, 1.165) is 0 Å². The number of thioether (sulfide) groups is 1. The average Bonchev–Trinajstić information content (AvgIpc) is 2.31. The number of nitrogens with one attached hydrogen (secondary N) is 1. The molecule has 7 heteroatoms. The number of aromatic nitrogens is 2. The second-order valence-electron chi connectivity index (χ2n) is 3.45. The normalized spacial score (nSPS) is 11.7. The summed E-state index contributed by atoms with van der Waals surface area (Å²) < 4.78 is 4.89. The molecule has 6 nitrogen and oxygen atoms in total. The highest BCUT2D eigenvalue weighted by atomic mass is 32.2. The molecule has 0 radical (unpaired) electrons. The molecule has 1 heterocycles. The Kier molecular flexibility index (Phi) is 5.57. The van der Waals surface area contributed by atoms with Gasteiger partial charge in [0.2, 0.25) is 5.91 Å². The molecule has 0 saturated heterocycles. The fourth-order valence-electron chi connectivity index (χ4n) is 1.12. The van der Waals surface area contributed by atoms with Crippen LogP contribution in [-0.2, 0) is 14.3 Å². The Labute approximate surface area is 110 Å². The topological polar surface area (TPSA) is 81.2 Å². The number of amides is 1. The molecule has 1 rings (SSSR count). The molecule has 0 spiro atoms. The van der Waals surface area contributed by atoms with E-state index in [0.29, 0.717) is 17.5 Å². The maximum atomic E-state index is 11.4. The minimum Gasteiger partial charge on any atom is -0.465 e. The van der Waals surface area contributed by atoms with Crippen molar-refractivity contribution in [2.75, 3.05) is 11.9 Å². The zero-order valence-corrected chi connectivity index (χ0v) is 11.3. The van der Waals surface area contributed by atoms with Gasteiger partial charge < -0.3 is 10.1 Å². The standard InChI is InChI=1S/C11H15N3O3S/c1-4-17-11(16)7(2)18-10-6-5-9(13-14-10)12-8(3)15/h5-7H,4H2,1-3H3,(H,12,13,15)/t7-/m0/s1. The van der Waals surface area contributed by atoms with Crippen LogP contribution in [0.2, 0.25) is 0 Å². The Morgan fingerprint density at radius 3 is 2.67 bits per heavy atom. The summed E-state index contributed by atoms with van der Waals surface area (Å²) in [5, 5.41) is 10.5. The summed E-state index contributed by atoms with van der Waals surface area (Å²) >= 11 is 1.26. The largest absolute Gasteiger partial charge is 0.465 e. The first-order valence-corrected chi connectivity index (χ1v) is 6.35. The third-order valence-electron chi connectivity index (χ3n) is 1.86. The molecule has 0 bridgehead atoms. The number of carbonyl (C=O) groups excluding carboxylic acids is 2. The van der Waals surface area contributed by atoms with Crippen LogP contribution in [0.3, 0.4) is 0 Å². The van der Waals surface area contributed by atoms with Gasteiger partial charge >= 0.3 is 5.97 Å². The molecule has 1 N–H and O–H groups in total. The van der Waals surface area contributed by atoms with Crippen molar-refractivity contribution in [2.45, 2.75) is 31.0 Å². The first kappa shape index (κ1) is 14.4. The number of rotatable bonds is 5. The zero-order chi connectivity index (χ0) is 13.5. The van der Waals surface area contributed by atoms with Crippen LogP contribution >= 0.6 is 11.8 Å². The van der Waals surface area contributed by atoms with Gasteiger partial charge in [-0.05, 0) is 26.0 Å². The van der Waals surface area contributed by atoms with Gasteiger partial charge in [0.1, 0.15) is 10.3 Å². The second-order valence-corrected chi connectivity index (χ2v) is 4.81. The second kappa shape index (κ2) is 6.95. The number of hydrogen-bond acceptors (Lipinski definition) is 6. The SMILES string of the molecule is CCOC(=O)[C@H](C)Sc1ccc(NC(C)=O)nn1. The molecule has 0 fully saturated rings. The number of nitrogens with zero attached hydrogens (tertiary/aromatic N) is 2. The van der Waals surface area contributed by atoms with Crippen LogP contribution in [0.25, 0.3) is 0 Å². The molecule has 1 aromatic rings. The van der Waals surface area contributed by atoms with E-state index in [2.05, 4.69) is 15.5 Å². The Balaban J connectivity index is 2.58. The number of esters is 1. The van der Waals surface area contributed by atoms with Crippen LogP contribution < -0.4 is 5.32 Å². The lowest BCUT2D eigenvalue weighted by molar-refractivity contribution is -0.142. The van der Waals surface area contributed by atoms with Crippen LogP contribution in [0.4, 0.5) is 5.82 Å². The summed E-state index contributed by atoms with van der Waals surface area (Å²) in [4.78, 5) is 22.2. The van der Waals surface area contributed by atoms with E-state index in [-0.39, 0.29) is 17.1 Å². The van der Waals surface area contributed by atoms with E-state index < -0.39 is 0 Å². The Hall–Kier alpha value is -1.63. The quantitative estimate of drug-likeness (QED) is 0.644. The lowest BCUT2D eigenvalue weighted by Crippen LogP contribution is -2.17. The lowest BCUT2D eigenvalue weighted by Gasteiger charge is -2.09. The van der Waals surface area contributed by atoms with Crippen LogP contribution in [0.1, 0.15) is 20.8 Å². The number of anilines is 1. The predicted octanol–water partition coefficient (Wildman–Crippen LogP) is 1.48. The van der Waals surface area contributed by atoms with Gasteiger partial charge in [0.15, 0.2) is 5.82 Å². The first-order valence-electron chi connectivity index (χ1n) is 5.47. The van der Waals surface area contributed by atoms with Crippen molar-refractivity contribution in [2.24, 2.45) is 0 Å². The van der Waals surface area contributed by atoms with Crippen molar-refractivity contribution in [3.8, 4) is 0 Å². The van der Waals surface area contributed by atoms with Crippen molar-refractivity contribution in [3.05, 3.63) is 12.1 Å². The minimum absolute atomic E-state index is 0.204. The van der Waals surface area contributed by atoms with Gasteiger partial charge in [-0.3, -0.25) is 9.59 Å². The molecule has 0 aliphatic rings. The van der Waals surface area contributed by atoms with Crippen molar-refractivity contribution in [1.82, 2.24) is 10.2 Å². The van der Waals surface area contributed by atoms with Crippen LogP contribution in [0, 0.1) is 0 Å². The molecule has 0 aliphatic heterocycles. The Morgan fingerprint density at radius 2 is 2.17 bits per heavy atom. The van der Waals surface area contributed by atoms with E-state index >= 15 is 0 Å². The highest BCUT2D eigenvalue weighted by Crippen LogP contribution is 2.21. The van der Waals surface area contributed by atoms with E-state index in [9.17, 15) is 9.59 Å². The lowest BCUT2D eigenvalue weighted by atomic mass is 10.5. The molecule has 98 valence electrons. The summed E-state index contributed by atoms with van der Waals surface area (Å²) in [5.74, 6) is -0.101. The van der Waals surface area contributed by atoms with Gasteiger partial charge in [-0.15, -0.1) is 10.2 Å². The van der Waals surface area contributed by atoms with E-state index in [4.69, 9.17) is 4.74 Å². The molecule has 0 aliphatic carbocycles. The third kappa shape index (κ3) is 4.70. The monoisotopic (exact) mass is 269 g/mol. The fraction of sp³-hybridized carbons (Fsp3) is 0.455. The molecule has 1 atom stereocenters. The van der Waals surface area contributed by atoms with Crippen molar-refractivity contribution < 1.29 is 14.3 Å². The van der Waals surface area contributed by atoms with Crippen LogP contribution in [-0.4, -0.2) is 33.9 Å². The summed E-state index contributed by atoms with van der Waals surface area (Å²) in [6.07, 6.45) is 0. The summed E-state index contributed by atoms with van der Waals surface area (Å²) in [6, 6.07) is 3.33. The maximum absolute atomic E-state index is 11.4. The average molecular weight is 269 g/mol. The van der Waals surface area contributed by atoms with Gasteiger partial charge in [-0.1, -0.05) is 11.8 Å². The summed E-state index contributed by atoms with van der Waals surface area (Å²) in [7, 11) is 0. The van der Waals surface area contributed by atoms with Gasteiger partial charge in [0.25, 0.3) is 0 Å². The molecule has 0 saturated carbocycles. The molecule has 1 aromatic heterocycles. The van der Waals surface area contributed by atoms with Gasteiger partial charge in [-0.25, -0.2) is 0 Å². The van der Waals surface area contributed by atoms with E-state index in [1.54, 1.807) is 26.0 Å². The number of carbonyl (C=O) groups is 2. The number of hydrogen-bond donors (Lipinski definition) is 1. The van der Waals surface area contributed by atoms with Crippen molar-refractivity contribution in [1.29, 1.82) is 0 Å². The Morgan fingerprint density at radius 1 is 1.44 bits per heavy atom. The smallest absolute Gasteiger partial charge is 0.319 e. The van der Waals surface area contributed by atoms with E-state index in [1.807, 2.05) is 0 Å². The first-order chi connectivity index (χ1) is 8.52. The van der Waals surface area contributed by atoms with Gasteiger partial charge in [-0.2, -0.15) is 0 Å².